The van der Waals surface area contributed by atoms with Crippen molar-refractivity contribution in [1.82, 2.24) is 25.0 Å². The Morgan fingerprint density at radius 1 is 1.36 bits per heavy atom. The van der Waals surface area contributed by atoms with Crippen LogP contribution < -0.4 is 5.32 Å². The molecule has 1 aliphatic heterocycles. The Hall–Kier alpha value is -2.30. The number of halogens is 1. The zero-order valence-electron chi connectivity index (χ0n) is 14.8. The van der Waals surface area contributed by atoms with E-state index < -0.39 is 5.91 Å². The standard InChI is InChI=1S/C17H16ClN5O3S2/c1-22-10-20-21-16(22)27-9-14(24)19-6-7-23-15(25)13(28-17(23)26)8-11-4-2-3-5-12(11)18/h2-5,8,10H,6-7,9H2,1H3,(H,19,24)/b13-8-. The summed E-state index contributed by atoms with van der Waals surface area (Å²) in [7, 11) is 1.79. The first-order valence-electron chi connectivity index (χ1n) is 8.19. The fraction of sp³-hybridized carbons (Fsp3) is 0.235. The first-order valence-corrected chi connectivity index (χ1v) is 10.4. The number of benzene rings is 1. The van der Waals surface area contributed by atoms with Crippen molar-refractivity contribution in [2.45, 2.75) is 5.16 Å². The molecular formula is C17H16ClN5O3S2. The van der Waals surface area contributed by atoms with Crippen molar-refractivity contribution in [3.8, 4) is 0 Å². The van der Waals surface area contributed by atoms with Crippen molar-refractivity contribution in [3.05, 3.63) is 46.1 Å². The fourth-order valence-electron chi connectivity index (χ4n) is 2.32. The van der Waals surface area contributed by atoms with Gasteiger partial charge in [0.2, 0.25) is 5.91 Å². The van der Waals surface area contributed by atoms with Gasteiger partial charge in [0, 0.05) is 25.2 Å². The van der Waals surface area contributed by atoms with Gasteiger partial charge in [-0.2, -0.15) is 0 Å². The Morgan fingerprint density at radius 2 is 2.14 bits per heavy atom. The summed E-state index contributed by atoms with van der Waals surface area (Å²) in [6.45, 7) is 0.278. The number of imide groups is 1. The number of aromatic nitrogens is 3. The molecule has 0 radical (unpaired) electrons. The van der Waals surface area contributed by atoms with Crippen molar-refractivity contribution in [2.75, 3.05) is 18.8 Å². The van der Waals surface area contributed by atoms with Crippen molar-refractivity contribution in [2.24, 2.45) is 7.05 Å². The number of nitrogens with zero attached hydrogens (tertiary/aromatic N) is 4. The number of carbonyl (C=O) groups excluding carboxylic acids is 3. The molecule has 8 nitrogen and oxygen atoms in total. The van der Waals surface area contributed by atoms with Gasteiger partial charge in [0.05, 0.1) is 10.7 Å². The van der Waals surface area contributed by atoms with Gasteiger partial charge in [-0.05, 0) is 29.5 Å². The quantitative estimate of drug-likeness (QED) is 0.524. The van der Waals surface area contributed by atoms with Crippen molar-refractivity contribution < 1.29 is 14.4 Å². The minimum absolute atomic E-state index is 0.102. The molecule has 0 atom stereocenters. The number of nitrogens with one attached hydrogen (secondary N) is 1. The number of thioether (sulfide) groups is 2. The summed E-state index contributed by atoms with van der Waals surface area (Å²) < 4.78 is 1.71. The lowest BCUT2D eigenvalue weighted by molar-refractivity contribution is -0.123. The Bertz CT molecular complexity index is 946. The van der Waals surface area contributed by atoms with Gasteiger partial charge in [-0.3, -0.25) is 19.3 Å². The molecule has 0 aliphatic carbocycles. The lowest BCUT2D eigenvalue weighted by atomic mass is 10.2. The van der Waals surface area contributed by atoms with Gasteiger partial charge >= 0.3 is 0 Å². The molecule has 1 saturated heterocycles. The van der Waals surface area contributed by atoms with Gasteiger partial charge < -0.3 is 9.88 Å². The zero-order chi connectivity index (χ0) is 20.1. The van der Waals surface area contributed by atoms with Crippen LogP contribution in [-0.4, -0.2) is 55.6 Å². The van der Waals surface area contributed by atoms with Crippen LogP contribution in [0.3, 0.4) is 0 Å². The molecule has 2 heterocycles. The van der Waals surface area contributed by atoms with Gasteiger partial charge in [-0.25, -0.2) is 0 Å². The number of carbonyl (C=O) groups is 3. The van der Waals surface area contributed by atoms with E-state index in [0.717, 1.165) is 16.7 Å². The monoisotopic (exact) mass is 437 g/mol. The van der Waals surface area contributed by atoms with Crippen LogP contribution in [-0.2, 0) is 16.6 Å². The molecule has 0 spiro atoms. The number of hydrogen-bond acceptors (Lipinski definition) is 7. The first kappa shape index (κ1) is 20.4. The molecule has 1 aromatic carbocycles. The van der Waals surface area contributed by atoms with Crippen molar-refractivity contribution in [3.63, 3.8) is 0 Å². The number of rotatable bonds is 7. The molecule has 2 aromatic rings. The molecule has 146 valence electrons. The van der Waals surface area contributed by atoms with Crippen molar-refractivity contribution >= 4 is 58.3 Å². The minimum Gasteiger partial charge on any atom is -0.354 e. The van der Waals surface area contributed by atoms with Crippen LogP contribution >= 0.6 is 35.1 Å². The molecule has 0 saturated carbocycles. The van der Waals surface area contributed by atoms with Gasteiger partial charge in [0.15, 0.2) is 5.16 Å². The van der Waals surface area contributed by atoms with Gasteiger partial charge in [-0.15, -0.1) is 10.2 Å². The summed E-state index contributed by atoms with van der Waals surface area (Å²) in [6, 6.07) is 7.07. The van der Waals surface area contributed by atoms with E-state index in [-0.39, 0.29) is 30.0 Å². The maximum absolute atomic E-state index is 12.5. The summed E-state index contributed by atoms with van der Waals surface area (Å²) in [6.07, 6.45) is 3.15. The van der Waals surface area contributed by atoms with Crippen LogP contribution in [0.2, 0.25) is 5.02 Å². The molecule has 1 aliphatic rings. The number of amides is 3. The molecule has 1 N–H and O–H groups in total. The first-order chi connectivity index (χ1) is 13.5. The van der Waals surface area contributed by atoms with Crippen LogP contribution in [0.4, 0.5) is 4.79 Å². The van der Waals surface area contributed by atoms with Crippen LogP contribution in [0.1, 0.15) is 5.56 Å². The molecule has 3 rings (SSSR count). The molecule has 0 unspecified atom stereocenters. The molecule has 3 amide bonds. The topological polar surface area (TPSA) is 97.2 Å². The Kier molecular flexibility index (Phi) is 6.76. The molecule has 0 bridgehead atoms. The fourth-order valence-corrected chi connectivity index (χ4v) is 4.08. The normalized spacial score (nSPS) is 15.5. The van der Waals surface area contributed by atoms with Gasteiger partial charge in [-0.1, -0.05) is 41.6 Å². The van der Waals surface area contributed by atoms with E-state index in [4.69, 9.17) is 11.6 Å². The third kappa shape index (κ3) is 4.94. The number of aryl methyl sites for hydroxylation is 1. The van der Waals surface area contributed by atoms with E-state index in [9.17, 15) is 14.4 Å². The molecule has 1 aromatic heterocycles. The zero-order valence-corrected chi connectivity index (χ0v) is 17.2. The molecule has 11 heteroatoms. The third-order valence-electron chi connectivity index (χ3n) is 3.73. The highest BCUT2D eigenvalue weighted by atomic mass is 35.5. The van der Waals surface area contributed by atoms with Gasteiger partial charge in [0.25, 0.3) is 11.1 Å². The number of hydrogen-bond donors (Lipinski definition) is 1. The molecule has 1 fully saturated rings. The molecular weight excluding hydrogens is 422 g/mol. The van der Waals surface area contributed by atoms with Crippen LogP contribution in [0, 0.1) is 0 Å². The SMILES string of the molecule is Cn1cnnc1SCC(=O)NCCN1C(=O)S/C(=C\c2ccccc2Cl)C1=O. The predicted octanol–water partition coefficient (Wildman–Crippen LogP) is 2.41. The maximum atomic E-state index is 12.5. The summed E-state index contributed by atoms with van der Waals surface area (Å²) in [5.74, 6) is -0.440. The minimum atomic E-state index is -0.391. The average Bonchev–Trinajstić information content (AvgIpc) is 3.19. The Morgan fingerprint density at radius 3 is 2.86 bits per heavy atom. The highest BCUT2D eigenvalue weighted by molar-refractivity contribution is 8.18. The average molecular weight is 438 g/mol. The van der Waals surface area contributed by atoms with Crippen molar-refractivity contribution in [1.29, 1.82) is 0 Å². The van der Waals surface area contributed by atoms with E-state index in [2.05, 4.69) is 15.5 Å². The summed E-state index contributed by atoms with van der Waals surface area (Å²) in [4.78, 5) is 37.9. The van der Waals surface area contributed by atoms with E-state index in [0.29, 0.717) is 20.6 Å². The lowest BCUT2D eigenvalue weighted by Gasteiger charge is -2.12. The Labute approximate surface area is 174 Å². The maximum Gasteiger partial charge on any atom is 0.293 e. The predicted molar refractivity (Wildman–Crippen MR) is 109 cm³/mol. The summed E-state index contributed by atoms with van der Waals surface area (Å²) in [5, 5.41) is 11.1. The van der Waals surface area contributed by atoms with E-state index in [1.807, 2.05) is 0 Å². The van der Waals surface area contributed by atoms with Crippen LogP contribution in [0.15, 0.2) is 40.7 Å². The molecule has 28 heavy (non-hydrogen) atoms. The lowest BCUT2D eigenvalue weighted by Crippen LogP contribution is -2.37. The largest absolute Gasteiger partial charge is 0.354 e. The van der Waals surface area contributed by atoms with E-state index in [1.165, 1.54) is 11.8 Å². The summed E-state index contributed by atoms with van der Waals surface area (Å²) in [5.41, 5.74) is 0.670. The van der Waals surface area contributed by atoms with Crippen LogP contribution in [0.25, 0.3) is 6.08 Å². The van der Waals surface area contributed by atoms with E-state index >= 15 is 0 Å². The second-order valence-electron chi connectivity index (χ2n) is 5.72. The smallest absolute Gasteiger partial charge is 0.293 e. The van der Waals surface area contributed by atoms with Gasteiger partial charge in [0.1, 0.15) is 6.33 Å². The van der Waals surface area contributed by atoms with Crippen LogP contribution in [0.5, 0.6) is 0 Å². The second kappa shape index (κ2) is 9.26. The highest BCUT2D eigenvalue weighted by Gasteiger charge is 2.34. The highest BCUT2D eigenvalue weighted by Crippen LogP contribution is 2.33. The van der Waals surface area contributed by atoms with E-state index in [1.54, 1.807) is 48.3 Å². The summed E-state index contributed by atoms with van der Waals surface area (Å²) >= 11 is 8.21. The Balaban J connectivity index is 1.50. The second-order valence-corrected chi connectivity index (χ2v) is 8.06. The third-order valence-corrected chi connectivity index (χ3v) is 6.01.